The average Bonchev–Trinajstić information content (AvgIpc) is 3.06. The number of nitrogens with one attached hydrogen (secondary N) is 1. The highest BCUT2D eigenvalue weighted by Crippen LogP contribution is 2.37. The molecule has 0 aliphatic heterocycles. The van der Waals surface area contributed by atoms with Gasteiger partial charge in [0.25, 0.3) is 10.0 Å². The van der Waals surface area contributed by atoms with Crippen molar-refractivity contribution in [3.63, 3.8) is 0 Å². The Kier molecular flexibility index (Phi) is 12.5. The standard InChI is InChI=1S/C35H34Cl2F3N3O4S/c1-2-3-20-41-34(45)32(21-25-10-6-4-7-11-25)42(23-26-14-17-28(36)18-15-26)33(44)24-43(48(46,47)29-12-8-5-9-13-29)31-22-27(35(38,39)40)16-19-30(31)37/h4-19,22,32H,2-3,20-21,23-24H2,1H3,(H,41,45)/t32-/m0/s1. The summed E-state index contributed by atoms with van der Waals surface area (Å²) in [5.74, 6) is -1.31. The molecule has 0 heterocycles. The first-order valence-electron chi connectivity index (χ1n) is 15.1. The molecule has 0 bridgehead atoms. The third-order valence-electron chi connectivity index (χ3n) is 7.52. The van der Waals surface area contributed by atoms with Crippen molar-refractivity contribution < 1.29 is 31.2 Å². The van der Waals surface area contributed by atoms with Gasteiger partial charge in [-0.3, -0.25) is 13.9 Å². The van der Waals surface area contributed by atoms with E-state index in [4.69, 9.17) is 23.2 Å². The molecule has 0 fully saturated rings. The Balaban J connectivity index is 1.85. The van der Waals surface area contributed by atoms with E-state index in [1.165, 1.54) is 29.2 Å². The third kappa shape index (κ3) is 9.52. The zero-order valence-electron chi connectivity index (χ0n) is 26.0. The number of benzene rings is 4. The number of carbonyl (C=O) groups is 2. The summed E-state index contributed by atoms with van der Waals surface area (Å²) >= 11 is 12.5. The van der Waals surface area contributed by atoms with Crippen molar-refractivity contribution in [2.24, 2.45) is 0 Å². The number of unbranched alkanes of at least 4 members (excludes halogenated alkanes) is 1. The van der Waals surface area contributed by atoms with Gasteiger partial charge in [-0.2, -0.15) is 13.2 Å². The van der Waals surface area contributed by atoms with E-state index in [1.807, 2.05) is 13.0 Å². The number of hydrogen-bond donors (Lipinski definition) is 1. The number of anilines is 1. The molecule has 0 aliphatic carbocycles. The minimum Gasteiger partial charge on any atom is -0.354 e. The van der Waals surface area contributed by atoms with Crippen molar-refractivity contribution in [2.45, 2.75) is 49.8 Å². The second-order valence-electron chi connectivity index (χ2n) is 11.0. The van der Waals surface area contributed by atoms with Crippen LogP contribution in [-0.2, 0) is 38.8 Å². The number of carbonyl (C=O) groups excluding carboxylic acids is 2. The first kappa shape index (κ1) is 36.8. The van der Waals surface area contributed by atoms with Gasteiger partial charge in [-0.15, -0.1) is 0 Å². The summed E-state index contributed by atoms with van der Waals surface area (Å²) in [6.45, 7) is 1.21. The third-order valence-corrected chi connectivity index (χ3v) is 9.86. The first-order valence-corrected chi connectivity index (χ1v) is 17.3. The van der Waals surface area contributed by atoms with Crippen LogP contribution in [0.5, 0.6) is 0 Å². The molecule has 7 nitrogen and oxygen atoms in total. The molecule has 0 saturated heterocycles. The fourth-order valence-corrected chi connectivity index (χ4v) is 6.80. The predicted octanol–water partition coefficient (Wildman–Crippen LogP) is 7.76. The predicted molar refractivity (Wildman–Crippen MR) is 181 cm³/mol. The Labute approximate surface area is 288 Å². The van der Waals surface area contributed by atoms with Crippen LogP contribution in [0, 0.1) is 0 Å². The molecule has 4 aromatic rings. The maximum absolute atomic E-state index is 14.5. The lowest BCUT2D eigenvalue weighted by atomic mass is 10.0. The Morgan fingerprint density at radius 2 is 1.48 bits per heavy atom. The Morgan fingerprint density at radius 1 is 0.854 bits per heavy atom. The SMILES string of the molecule is CCCCNC(=O)[C@H](Cc1ccccc1)N(Cc1ccc(Cl)cc1)C(=O)CN(c1cc(C(F)(F)F)ccc1Cl)S(=O)(=O)c1ccccc1. The van der Waals surface area contributed by atoms with E-state index in [9.17, 15) is 31.2 Å². The molecule has 254 valence electrons. The highest BCUT2D eigenvalue weighted by molar-refractivity contribution is 7.92. The Bertz CT molecular complexity index is 1790. The molecular weight excluding hydrogens is 686 g/mol. The van der Waals surface area contributed by atoms with E-state index < -0.39 is 51.9 Å². The van der Waals surface area contributed by atoms with E-state index in [1.54, 1.807) is 54.6 Å². The zero-order chi connectivity index (χ0) is 34.9. The molecule has 0 unspecified atom stereocenters. The van der Waals surface area contributed by atoms with Crippen molar-refractivity contribution in [1.29, 1.82) is 0 Å². The second kappa shape index (κ2) is 16.4. The summed E-state index contributed by atoms with van der Waals surface area (Å²) in [4.78, 5) is 29.2. The van der Waals surface area contributed by atoms with Crippen molar-refractivity contribution in [3.8, 4) is 0 Å². The molecule has 13 heteroatoms. The summed E-state index contributed by atoms with van der Waals surface area (Å²) in [5.41, 5.74) is -0.376. The number of halogens is 5. The number of sulfonamides is 1. The van der Waals surface area contributed by atoms with Crippen molar-refractivity contribution in [3.05, 3.63) is 130 Å². The van der Waals surface area contributed by atoms with Crippen molar-refractivity contribution in [2.75, 3.05) is 17.4 Å². The monoisotopic (exact) mass is 719 g/mol. The normalized spacial score (nSPS) is 12.3. The molecule has 0 radical (unpaired) electrons. The molecule has 0 spiro atoms. The zero-order valence-corrected chi connectivity index (χ0v) is 28.3. The maximum Gasteiger partial charge on any atom is 0.416 e. The van der Waals surface area contributed by atoms with Gasteiger partial charge in [0.2, 0.25) is 11.8 Å². The summed E-state index contributed by atoms with van der Waals surface area (Å²) < 4.78 is 70.2. The van der Waals surface area contributed by atoms with Crippen LogP contribution in [0.15, 0.2) is 108 Å². The van der Waals surface area contributed by atoms with E-state index in [0.717, 1.165) is 24.1 Å². The van der Waals surface area contributed by atoms with Crippen LogP contribution in [0.4, 0.5) is 18.9 Å². The molecular formula is C35H34Cl2F3N3O4S. The highest BCUT2D eigenvalue weighted by atomic mass is 35.5. The largest absolute Gasteiger partial charge is 0.416 e. The van der Waals surface area contributed by atoms with Gasteiger partial charge in [0.05, 0.1) is 21.2 Å². The number of nitrogens with zero attached hydrogens (tertiary/aromatic N) is 2. The molecule has 1 atom stereocenters. The molecule has 2 amide bonds. The average molecular weight is 721 g/mol. The van der Waals surface area contributed by atoms with Crippen LogP contribution in [0.2, 0.25) is 10.0 Å². The quantitative estimate of drug-likeness (QED) is 0.135. The molecule has 1 N–H and O–H groups in total. The van der Waals surface area contributed by atoms with Gasteiger partial charge in [-0.25, -0.2) is 8.42 Å². The molecule has 48 heavy (non-hydrogen) atoms. The van der Waals surface area contributed by atoms with Gasteiger partial charge in [0, 0.05) is 24.5 Å². The maximum atomic E-state index is 14.5. The van der Waals surface area contributed by atoms with E-state index in [-0.39, 0.29) is 22.9 Å². The van der Waals surface area contributed by atoms with Crippen LogP contribution in [0.3, 0.4) is 0 Å². The highest BCUT2D eigenvalue weighted by Gasteiger charge is 2.37. The van der Waals surface area contributed by atoms with Crippen molar-refractivity contribution in [1.82, 2.24) is 10.2 Å². The molecule has 0 aliphatic rings. The molecule has 4 rings (SSSR count). The van der Waals surface area contributed by atoms with Gasteiger partial charge < -0.3 is 10.2 Å². The number of hydrogen-bond acceptors (Lipinski definition) is 4. The number of alkyl halides is 3. The Morgan fingerprint density at radius 3 is 2.08 bits per heavy atom. The lowest BCUT2D eigenvalue weighted by Crippen LogP contribution is -2.53. The first-order chi connectivity index (χ1) is 22.8. The van der Waals surface area contributed by atoms with E-state index >= 15 is 0 Å². The second-order valence-corrected chi connectivity index (χ2v) is 13.7. The summed E-state index contributed by atoms with van der Waals surface area (Å²) in [5, 5.41) is 2.99. The fourth-order valence-electron chi connectivity index (χ4n) is 4.96. The fraction of sp³-hybridized carbons (Fsp3) is 0.257. The van der Waals surface area contributed by atoms with E-state index in [0.29, 0.717) is 33.9 Å². The van der Waals surface area contributed by atoms with Gasteiger partial charge in [0.15, 0.2) is 0 Å². The van der Waals surface area contributed by atoms with Gasteiger partial charge in [-0.1, -0.05) is 97.2 Å². The minimum absolute atomic E-state index is 0.0773. The lowest BCUT2D eigenvalue weighted by Gasteiger charge is -2.34. The van der Waals surface area contributed by atoms with Gasteiger partial charge in [0.1, 0.15) is 12.6 Å². The Hall–Kier alpha value is -4.06. The van der Waals surface area contributed by atoms with Crippen LogP contribution in [-0.4, -0.2) is 44.3 Å². The van der Waals surface area contributed by atoms with E-state index in [2.05, 4.69) is 5.32 Å². The topological polar surface area (TPSA) is 86.8 Å². The lowest BCUT2D eigenvalue weighted by molar-refractivity contribution is -0.140. The smallest absolute Gasteiger partial charge is 0.354 e. The molecule has 4 aromatic carbocycles. The van der Waals surface area contributed by atoms with Crippen LogP contribution in [0.25, 0.3) is 0 Å². The number of rotatable bonds is 14. The number of amides is 2. The van der Waals surface area contributed by atoms with Crippen LogP contribution in [0.1, 0.15) is 36.5 Å². The van der Waals surface area contributed by atoms with Gasteiger partial charge in [-0.05, 0) is 60.0 Å². The summed E-state index contributed by atoms with van der Waals surface area (Å²) in [6.07, 6.45) is -3.26. The molecule has 0 aromatic heterocycles. The van der Waals surface area contributed by atoms with Gasteiger partial charge >= 0.3 is 6.18 Å². The van der Waals surface area contributed by atoms with Crippen molar-refractivity contribution >= 4 is 50.7 Å². The summed E-state index contributed by atoms with van der Waals surface area (Å²) in [6, 6.07) is 23.7. The molecule has 0 saturated carbocycles. The van der Waals surface area contributed by atoms with Crippen LogP contribution < -0.4 is 9.62 Å². The minimum atomic E-state index is -4.83. The summed E-state index contributed by atoms with van der Waals surface area (Å²) in [7, 11) is -4.65. The van der Waals surface area contributed by atoms with Crippen LogP contribution >= 0.6 is 23.2 Å².